The molecule has 0 unspecified atom stereocenters. The molecule has 0 bridgehead atoms. The van der Waals surface area contributed by atoms with Gasteiger partial charge in [0.2, 0.25) is 0 Å². The van der Waals surface area contributed by atoms with Crippen molar-refractivity contribution < 1.29 is 14.3 Å². The zero-order chi connectivity index (χ0) is 22.1. The quantitative estimate of drug-likeness (QED) is 0.524. The second-order valence-corrected chi connectivity index (χ2v) is 8.24. The maximum Gasteiger partial charge on any atom is 0.251 e. The molecule has 2 aromatic rings. The fraction of sp³-hybridized carbons (Fsp3) is 0.435. The molecule has 2 N–H and O–H groups in total. The Kier molecular flexibility index (Phi) is 9.28. The standard InChI is InChI=1S/C23H29Cl2N3O3/c1-30-21-6-4-18(23(29)27-8-2-11-28-12-9-26-10-13-28)15-22(21)31-14-7-17-3-5-19(24)16-20(17)25/h3-6,15-16,26H,2,7-14H2,1H3,(H,27,29). The summed E-state index contributed by atoms with van der Waals surface area (Å²) in [5.41, 5.74) is 1.49. The van der Waals surface area contributed by atoms with Crippen LogP contribution in [0.25, 0.3) is 0 Å². The molecule has 1 aliphatic heterocycles. The van der Waals surface area contributed by atoms with Gasteiger partial charge >= 0.3 is 0 Å². The van der Waals surface area contributed by atoms with Crippen LogP contribution in [0.15, 0.2) is 36.4 Å². The van der Waals surface area contributed by atoms with Crippen molar-refractivity contribution in [3.05, 3.63) is 57.6 Å². The highest BCUT2D eigenvalue weighted by Gasteiger charge is 2.13. The maximum atomic E-state index is 12.6. The van der Waals surface area contributed by atoms with Crippen LogP contribution in [0.4, 0.5) is 0 Å². The summed E-state index contributed by atoms with van der Waals surface area (Å²) in [4.78, 5) is 15.0. The Bertz CT molecular complexity index is 873. The molecule has 1 heterocycles. The van der Waals surface area contributed by atoms with E-state index in [1.54, 1.807) is 37.4 Å². The van der Waals surface area contributed by atoms with Crippen molar-refractivity contribution in [3.63, 3.8) is 0 Å². The number of hydrogen-bond donors (Lipinski definition) is 2. The van der Waals surface area contributed by atoms with E-state index in [0.717, 1.165) is 44.7 Å². The van der Waals surface area contributed by atoms with E-state index < -0.39 is 0 Å². The first-order valence-corrected chi connectivity index (χ1v) is 11.3. The number of carbonyl (C=O) groups is 1. The smallest absolute Gasteiger partial charge is 0.251 e. The minimum absolute atomic E-state index is 0.117. The average Bonchev–Trinajstić information content (AvgIpc) is 2.78. The van der Waals surface area contributed by atoms with Gasteiger partial charge in [-0.1, -0.05) is 29.3 Å². The van der Waals surface area contributed by atoms with Gasteiger partial charge in [0.1, 0.15) is 0 Å². The molecule has 1 amide bonds. The van der Waals surface area contributed by atoms with E-state index in [1.165, 1.54) is 0 Å². The zero-order valence-electron chi connectivity index (χ0n) is 17.8. The second kappa shape index (κ2) is 12.2. The number of halogens is 2. The number of carbonyl (C=O) groups excluding carboxylic acids is 1. The number of rotatable bonds is 10. The normalized spacial score (nSPS) is 14.3. The molecule has 168 valence electrons. The first-order chi connectivity index (χ1) is 15.1. The predicted octanol–water partition coefficient (Wildman–Crippen LogP) is 3.65. The topological polar surface area (TPSA) is 62.8 Å². The summed E-state index contributed by atoms with van der Waals surface area (Å²) in [5, 5.41) is 7.54. The van der Waals surface area contributed by atoms with Crippen molar-refractivity contribution in [2.75, 3.05) is 53.0 Å². The minimum atomic E-state index is -0.117. The number of hydrogen-bond acceptors (Lipinski definition) is 5. The first kappa shape index (κ1) is 23.7. The largest absolute Gasteiger partial charge is 0.493 e. The van der Waals surface area contributed by atoms with Crippen LogP contribution in [0, 0.1) is 0 Å². The molecule has 0 aliphatic carbocycles. The fourth-order valence-corrected chi connectivity index (χ4v) is 3.97. The molecule has 1 saturated heterocycles. The molecule has 0 saturated carbocycles. The lowest BCUT2D eigenvalue weighted by molar-refractivity contribution is 0.0950. The number of ether oxygens (including phenoxy) is 2. The van der Waals surface area contributed by atoms with Gasteiger partial charge in [0.25, 0.3) is 5.91 Å². The molecular formula is C23H29Cl2N3O3. The van der Waals surface area contributed by atoms with Gasteiger partial charge in [0.15, 0.2) is 11.5 Å². The van der Waals surface area contributed by atoms with Crippen molar-refractivity contribution in [1.29, 1.82) is 0 Å². The minimum Gasteiger partial charge on any atom is -0.493 e. The Labute approximate surface area is 193 Å². The number of amides is 1. The lowest BCUT2D eigenvalue weighted by Gasteiger charge is -2.27. The molecule has 1 fully saturated rings. The first-order valence-electron chi connectivity index (χ1n) is 10.5. The van der Waals surface area contributed by atoms with Crippen LogP contribution in [0.3, 0.4) is 0 Å². The number of piperazine rings is 1. The Morgan fingerprint density at radius 2 is 1.94 bits per heavy atom. The predicted molar refractivity (Wildman–Crippen MR) is 125 cm³/mol. The van der Waals surface area contributed by atoms with Crippen molar-refractivity contribution >= 4 is 29.1 Å². The van der Waals surface area contributed by atoms with Crippen LogP contribution in [0.1, 0.15) is 22.3 Å². The van der Waals surface area contributed by atoms with E-state index in [-0.39, 0.29) is 5.91 Å². The van der Waals surface area contributed by atoms with Crippen molar-refractivity contribution in [1.82, 2.24) is 15.5 Å². The molecule has 0 radical (unpaired) electrons. The number of nitrogens with zero attached hydrogens (tertiary/aromatic N) is 1. The molecule has 2 aromatic carbocycles. The molecule has 1 aliphatic rings. The molecule has 0 aromatic heterocycles. The van der Waals surface area contributed by atoms with Crippen LogP contribution in [-0.4, -0.2) is 63.8 Å². The van der Waals surface area contributed by atoms with Crippen molar-refractivity contribution in [2.45, 2.75) is 12.8 Å². The molecule has 0 atom stereocenters. The maximum absolute atomic E-state index is 12.6. The van der Waals surface area contributed by atoms with Gasteiger partial charge in [0, 0.05) is 54.8 Å². The lowest BCUT2D eigenvalue weighted by Crippen LogP contribution is -2.44. The van der Waals surface area contributed by atoms with Crippen molar-refractivity contribution in [2.24, 2.45) is 0 Å². The van der Waals surface area contributed by atoms with Crippen LogP contribution in [0.2, 0.25) is 10.0 Å². The Morgan fingerprint density at radius 1 is 1.13 bits per heavy atom. The highest BCUT2D eigenvalue weighted by Crippen LogP contribution is 2.29. The van der Waals surface area contributed by atoms with E-state index in [9.17, 15) is 4.79 Å². The van der Waals surface area contributed by atoms with Gasteiger partial charge in [0.05, 0.1) is 13.7 Å². The van der Waals surface area contributed by atoms with Crippen LogP contribution < -0.4 is 20.1 Å². The summed E-state index contributed by atoms with van der Waals surface area (Å²) in [6.07, 6.45) is 1.54. The van der Waals surface area contributed by atoms with Crippen LogP contribution >= 0.6 is 23.2 Å². The molecule has 0 spiro atoms. The van der Waals surface area contributed by atoms with E-state index in [1.807, 2.05) is 6.07 Å². The van der Waals surface area contributed by atoms with E-state index in [0.29, 0.717) is 46.7 Å². The zero-order valence-corrected chi connectivity index (χ0v) is 19.3. The highest BCUT2D eigenvalue weighted by atomic mass is 35.5. The van der Waals surface area contributed by atoms with Crippen LogP contribution in [-0.2, 0) is 6.42 Å². The number of methoxy groups -OCH3 is 1. The third-order valence-corrected chi connectivity index (χ3v) is 5.80. The Hall–Kier alpha value is -1.99. The second-order valence-electron chi connectivity index (χ2n) is 7.40. The summed E-state index contributed by atoms with van der Waals surface area (Å²) in [6.45, 7) is 6.22. The summed E-state index contributed by atoms with van der Waals surface area (Å²) in [7, 11) is 1.58. The van der Waals surface area contributed by atoms with Gasteiger partial charge in [-0.05, 0) is 48.9 Å². The van der Waals surface area contributed by atoms with Crippen LogP contribution in [0.5, 0.6) is 11.5 Å². The van der Waals surface area contributed by atoms with Gasteiger partial charge in [-0.25, -0.2) is 0 Å². The van der Waals surface area contributed by atoms with E-state index in [4.69, 9.17) is 32.7 Å². The van der Waals surface area contributed by atoms with Crippen molar-refractivity contribution in [3.8, 4) is 11.5 Å². The number of nitrogens with one attached hydrogen (secondary N) is 2. The molecule has 8 heteroatoms. The highest BCUT2D eigenvalue weighted by molar-refractivity contribution is 6.35. The fourth-order valence-electron chi connectivity index (χ4n) is 3.47. The SMILES string of the molecule is COc1ccc(C(=O)NCCCN2CCNCC2)cc1OCCc1ccc(Cl)cc1Cl. The Morgan fingerprint density at radius 3 is 2.68 bits per heavy atom. The van der Waals surface area contributed by atoms with Gasteiger partial charge in [-0.3, -0.25) is 4.79 Å². The monoisotopic (exact) mass is 465 g/mol. The summed E-state index contributed by atoms with van der Waals surface area (Å²) in [5.74, 6) is 0.993. The molecule has 31 heavy (non-hydrogen) atoms. The average molecular weight is 466 g/mol. The summed E-state index contributed by atoms with van der Waals surface area (Å²) >= 11 is 12.2. The summed E-state index contributed by atoms with van der Waals surface area (Å²) < 4.78 is 11.3. The van der Waals surface area contributed by atoms with E-state index >= 15 is 0 Å². The number of benzene rings is 2. The Balaban J connectivity index is 1.50. The van der Waals surface area contributed by atoms with E-state index in [2.05, 4.69) is 15.5 Å². The van der Waals surface area contributed by atoms with Gasteiger partial charge < -0.3 is 25.0 Å². The molecular weight excluding hydrogens is 437 g/mol. The third-order valence-electron chi connectivity index (χ3n) is 5.22. The summed E-state index contributed by atoms with van der Waals surface area (Å²) in [6, 6.07) is 10.6. The van der Waals surface area contributed by atoms with Gasteiger partial charge in [-0.15, -0.1) is 0 Å². The molecule has 3 rings (SSSR count). The third kappa shape index (κ3) is 7.28. The van der Waals surface area contributed by atoms with Gasteiger partial charge in [-0.2, -0.15) is 0 Å². The lowest BCUT2D eigenvalue weighted by atomic mass is 10.1. The molecule has 6 nitrogen and oxygen atoms in total.